The summed E-state index contributed by atoms with van der Waals surface area (Å²) in [4.78, 5) is 11.1. The van der Waals surface area contributed by atoms with Crippen LogP contribution in [0.25, 0.3) is 0 Å². The SMILES string of the molecule is COC(=O)C1C2CC(C#N)CC21. The van der Waals surface area contributed by atoms with Gasteiger partial charge in [0.05, 0.1) is 19.1 Å². The Bertz CT molecular complexity index is 244. The molecule has 0 radical (unpaired) electrons. The Balaban J connectivity index is 1.92. The number of rotatable bonds is 1. The summed E-state index contributed by atoms with van der Waals surface area (Å²) >= 11 is 0. The van der Waals surface area contributed by atoms with Gasteiger partial charge in [-0.05, 0) is 24.7 Å². The van der Waals surface area contributed by atoms with Crippen molar-refractivity contribution in [3.8, 4) is 6.07 Å². The molecule has 2 saturated carbocycles. The van der Waals surface area contributed by atoms with Crippen LogP contribution in [0, 0.1) is 35.0 Å². The fourth-order valence-corrected chi connectivity index (χ4v) is 2.43. The number of methoxy groups -OCH3 is 1. The average Bonchev–Trinajstić information content (AvgIpc) is 2.59. The van der Waals surface area contributed by atoms with Gasteiger partial charge in [0.1, 0.15) is 0 Å². The van der Waals surface area contributed by atoms with Gasteiger partial charge in [0.25, 0.3) is 0 Å². The van der Waals surface area contributed by atoms with Gasteiger partial charge in [-0.3, -0.25) is 4.79 Å². The molecule has 0 aromatic carbocycles. The summed E-state index contributed by atoms with van der Waals surface area (Å²) in [6.45, 7) is 0. The van der Waals surface area contributed by atoms with Crippen molar-refractivity contribution >= 4 is 5.97 Å². The minimum absolute atomic E-state index is 0.0820. The third-order valence-electron chi connectivity index (χ3n) is 3.10. The number of carbonyl (C=O) groups excluding carboxylic acids is 1. The number of hydrogen-bond donors (Lipinski definition) is 0. The number of fused-ring (bicyclic) bond motifs is 1. The van der Waals surface area contributed by atoms with Crippen LogP contribution in [0.2, 0.25) is 0 Å². The number of nitriles is 1. The second-order valence-electron chi connectivity index (χ2n) is 3.67. The molecule has 0 aliphatic heterocycles. The van der Waals surface area contributed by atoms with Crippen LogP contribution in [0.5, 0.6) is 0 Å². The molecule has 0 heterocycles. The number of nitrogens with zero attached hydrogens (tertiary/aromatic N) is 1. The highest BCUT2D eigenvalue weighted by Crippen LogP contribution is 2.59. The maximum atomic E-state index is 11.1. The van der Waals surface area contributed by atoms with Crippen molar-refractivity contribution in [3.63, 3.8) is 0 Å². The molecule has 0 amide bonds. The first kappa shape index (κ1) is 7.60. The molecule has 2 fully saturated rings. The van der Waals surface area contributed by atoms with Crippen molar-refractivity contribution in [2.45, 2.75) is 12.8 Å². The maximum absolute atomic E-state index is 11.1. The fraction of sp³-hybridized carbons (Fsp3) is 0.778. The molecule has 2 rings (SSSR count). The van der Waals surface area contributed by atoms with Gasteiger partial charge in [-0.2, -0.15) is 5.26 Å². The summed E-state index contributed by atoms with van der Waals surface area (Å²) in [6.07, 6.45) is 1.81. The number of ether oxygens (including phenoxy) is 1. The smallest absolute Gasteiger partial charge is 0.309 e. The van der Waals surface area contributed by atoms with Crippen LogP contribution in [0.3, 0.4) is 0 Å². The van der Waals surface area contributed by atoms with Crippen LogP contribution in [0.1, 0.15) is 12.8 Å². The minimum Gasteiger partial charge on any atom is -0.469 e. The Morgan fingerprint density at radius 2 is 2.08 bits per heavy atom. The van der Waals surface area contributed by atoms with Crippen LogP contribution in [-0.4, -0.2) is 13.1 Å². The Kier molecular flexibility index (Phi) is 1.57. The van der Waals surface area contributed by atoms with Gasteiger partial charge in [0.15, 0.2) is 0 Å². The number of hydrogen-bond acceptors (Lipinski definition) is 3. The molecule has 3 nitrogen and oxygen atoms in total. The summed E-state index contributed by atoms with van der Waals surface area (Å²) in [5.41, 5.74) is 0. The van der Waals surface area contributed by atoms with Crippen LogP contribution in [0.15, 0.2) is 0 Å². The maximum Gasteiger partial charge on any atom is 0.309 e. The molecule has 0 aromatic rings. The van der Waals surface area contributed by atoms with Gasteiger partial charge in [-0.1, -0.05) is 0 Å². The van der Waals surface area contributed by atoms with Crippen LogP contribution in [-0.2, 0) is 9.53 Å². The summed E-state index contributed by atoms with van der Waals surface area (Å²) in [7, 11) is 1.43. The molecule has 3 heteroatoms. The van der Waals surface area contributed by atoms with Gasteiger partial charge in [0, 0.05) is 5.92 Å². The van der Waals surface area contributed by atoms with Crippen LogP contribution in [0.4, 0.5) is 0 Å². The molecule has 0 saturated heterocycles. The monoisotopic (exact) mass is 165 g/mol. The molecule has 0 aromatic heterocycles. The van der Waals surface area contributed by atoms with E-state index in [9.17, 15) is 4.79 Å². The molecule has 0 spiro atoms. The van der Waals surface area contributed by atoms with Gasteiger partial charge >= 0.3 is 5.97 Å². The van der Waals surface area contributed by atoms with Gasteiger partial charge in [-0.25, -0.2) is 0 Å². The molecular weight excluding hydrogens is 154 g/mol. The molecule has 2 unspecified atom stereocenters. The van der Waals surface area contributed by atoms with E-state index in [1.54, 1.807) is 0 Å². The molecule has 12 heavy (non-hydrogen) atoms. The van der Waals surface area contributed by atoms with Gasteiger partial charge < -0.3 is 4.74 Å². The largest absolute Gasteiger partial charge is 0.469 e. The second kappa shape index (κ2) is 2.48. The minimum atomic E-state index is -0.0820. The average molecular weight is 165 g/mol. The Hall–Kier alpha value is -1.04. The van der Waals surface area contributed by atoms with E-state index in [1.807, 2.05) is 0 Å². The van der Waals surface area contributed by atoms with Crippen molar-refractivity contribution in [2.24, 2.45) is 23.7 Å². The molecule has 0 bridgehead atoms. The zero-order valence-corrected chi connectivity index (χ0v) is 6.99. The number of carbonyl (C=O) groups is 1. The normalized spacial score (nSPS) is 43.0. The zero-order chi connectivity index (χ0) is 8.72. The Morgan fingerprint density at radius 1 is 1.50 bits per heavy atom. The molecule has 2 aliphatic carbocycles. The van der Waals surface area contributed by atoms with E-state index in [0.29, 0.717) is 11.8 Å². The highest BCUT2D eigenvalue weighted by atomic mass is 16.5. The van der Waals surface area contributed by atoms with Crippen molar-refractivity contribution in [2.75, 3.05) is 7.11 Å². The third kappa shape index (κ3) is 0.911. The first-order valence-electron chi connectivity index (χ1n) is 4.25. The van der Waals surface area contributed by atoms with E-state index in [0.717, 1.165) is 12.8 Å². The van der Waals surface area contributed by atoms with Crippen LogP contribution >= 0.6 is 0 Å². The zero-order valence-electron chi connectivity index (χ0n) is 6.99. The lowest BCUT2D eigenvalue weighted by Gasteiger charge is -2.03. The van der Waals surface area contributed by atoms with Crippen molar-refractivity contribution < 1.29 is 9.53 Å². The lowest BCUT2D eigenvalue weighted by atomic mass is 10.0. The van der Waals surface area contributed by atoms with E-state index < -0.39 is 0 Å². The molecular formula is C9H11NO2. The number of esters is 1. The van der Waals surface area contributed by atoms with E-state index in [2.05, 4.69) is 10.8 Å². The predicted molar refractivity (Wildman–Crippen MR) is 40.8 cm³/mol. The summed E-state index contributed by atoms with van der Waals surface area (Å²) in [5, 5.41) is 8.62. The topological polar surface area (TPSA) is 50.1 Å². The summed E-state index contributed by atoms with van der Waals surface area (Å²) < 4.78 is 4.66. The highest BCUT2D eigenvalue weighted by Gasteiger charge is 2.60. The summed E-state index contributed by atoms with van der Waals surface area (Å²) in [5.74, 6) is 1.16. The lowest BCUT2D eigenvalue weighted by Crippen LogP contribution is -2.09. The van der Waals surface area contributed by atoms with Crippen molar-refractivity contribution in [1.82, 2.24) is 0 Å². The molecule has 2 atom stereocenters. The molecule has 64 valence electrons. The molecule has 0 N–H and O–H groups in total. The van der Waals surface area contributed by atoms with E-state index in [4.69, 9.17) is 5.26 Å². The van der Waals surface area contributed by atoms with E-state index >= 15 is 0 Å². The first-order chi connectivity index (χ1) is 5.77. The van der Waals surface area contributed by atoms with Gasteiger partial charge in [0.2, 0.25) is 0 Å². The van der Waals surface area contributed by atoms with Crippen molar-refractivity contribution in [1.29, 1.82) is 5.26 Å². The lowest BCUT2D eigenvalue weighted by molar-refractivity contribution is -0.143. The van der Waals surface area contributed by atoms with E-state index in [-0.39, 0.29) is 17.8 Å². The summed E-state index contributed by atoms with van der Waals surface area (Å²) in [6, 6.07) is 2.25. The highest BCUT2D eigenvalue weighted by molar-refractivity contribution is 5.76. The Labute approximate surface area is 71.3 Å². The molecule has 2 aliphatic rings. The standard InChI is InChI=1S/C9H11NO2/c1-12-9(11)8-6-2-5(4-10)3-7(6)8/h5-8H,2-3H2,1H3. The Morgan fingerprint density at radius 3 is 2.50 bits per heavy atom. The van der Waals surface area contributed by atoms with Crippen molar-refractivity contribution in [3.05, 3.63) is 0 Å². The quantitative estimate of drug-likeness (QED) is 0.543. The predicted octanol–water partition coefficient (Wildman–Crippen LogP) is 0.955. The third-order valence-corrected chi connectivity index (χ3v) is 3.10. The fourth-order valence-electron chi connectivity index (χ4n) is 2.43. The second-order valence-corrected chi connectivity index (χ2v) is 3.67. The van der Waals surface area contributed by atoms with E-state index in [1.165, 1.54) is 7.11 Å². The van der Waals surface area contributed by atoms with Gasteiger partial charge in [-0.15, -0.1) is 0 Å². The van der Waals surface area contributed by atoms with Crippen LogP contribution < -0.4 is 0 Å². The first-order valence-corrected chi connectivity index (χ1v) is 4.25.